The van der Waals surface area contributed by atoms with Crippen LogP contribution in [0.5, 0.6) is 0 Å². The van der Waals surface area contributed by atoms with Gasteiger partial charge in [0.05, 0.1) is 26.4 Å². The summed E-state index contributed by atoms with van der Waals surface area (Å²) in [5.41, 5.74) is 0. The van der Waals surface area contributed by atoms with Gasteiger partial charge in [0.15, 0.2) is 49.6 Å². The Kier molecular flexibility index (Phi) is 29.8. The Bertz CT molecular complexity index is 4610. The molecule has 77 heteroatoms. The molecule has 0 bridgehead atoms. The van der Waals surface area contributed by atoms with Gasteiger partial charge in [-0.3, -0.25) is 63.7 Å². The van der Waals surface area contributed by atoms with E-state index in [1.54, 1.807) is 0 Å². The van der Waals surface area contributed by atoms with Crippen LogP contribution in [0.15, 0.2) is 0 Å². The van der Waals surface area contributed by atoms with Crippen LogP contribution in [0.3, 0.4) is 0 Å². The summed E-state index contributed by atoms with van der Waals surface area (Å²) in [5.74, 6) is 0. The van der Waals surface area contributed by atoms with E-state index in [2.05, 4.69) is 58.6 Å². The summed E-state index contributed by atoms with van der Waals surface area (Å²) < 4.78 is 571. The molecule has 0 aliphatic carbocycles. The van der Waals surface area contributed by atoms with E-state index in [1.165, 1.54) is 0 Å². The second-order valence-corrected chi connectivity index (χ2v) is 33.1. The minimum atomic E-state index is -6.81. The predicted molar refractivity (Wildman–Crippen MR) is 280 cm³/mol. The maximum atomic E-state index is 12.8. The van der Waals surface area contributed by atoms with E-state index in [-0.39, 0.29) is 0 Å². The van der Waals surface area contributed by atoms with Crippen LogP contribution in [0.4, 0.5) is 0 Å². The van der Waals surface area contributed by atoms with Gasteiger partial charge in [-0.05, 0) is 0 Å². The molecule has 4 aliphatic heterocycles. The Morgan fingerprint density at radius 3 is 0.584 bits per heavy atom. The number of ether oxygens (including phenoxy) is 7. The maximum absolute atomic E-state index is 12.8. The summed E-state index contributed by atoms with van der Waals surface area (Å²) in [6.45, 7) is -9.13. The third-order valence-electron chi connectivity index (χ3n) is 11.1. The first-order valence-corrected chi connectivity index (χ1v) is 42.4. The third kappa shape index (κ3) is 33.5. The Morgan fingerprint density at radius 2 is 0.356 bits per heavy atom. The van der Waals surface area contributed by atoms with Gasteiger partial charge in [0.2, 0.25) is 0 Å². The van der Waals surface area contributed by atoms with E-state index in [4.69, 9.17) is 33.2 Å². The average Bonchev–Trinajstić information content (AvgIpc) is 0.762. The van der Waals surface area contributed by atoms with Crippen LogP contribution in [0.2, 0.25) is 0 Å². The predicted octanol–water partition coefficient (Wildman–Crippen LogP) is -12.2. The van der Waals surface area contributed by atoms with Gasteiger partial charge < -0.3 is 33.2 Å². The molecule has 0 amide bonds. The molecule has 0 aromatic rings. The minimum absolute atomic E-state index is 2.12. The molecule has 4 heterocycles. The molecule has 4 aliphatic rings. The molecule has 63 nitrogen and oxygen atoms in total. The van der Waals surface area contributed by atoms with E-state index < -0.39 is 295 Å². The van der Waals surface area contributed by atoms with Crippen molar-refractivity contribution in [2.24, 2.45) is 0 Å². The van der Waals surface area contributed by atoms with E-state index in [9.17, 15) is 182 Å². The van der Waals surface area contributed by atoms with Gasteiger partial charge in [0.25, 0.3) is 0 Å². The van der Waals surface area contributed by atoms with Crippen LogP contribution >= 0.6 is 0 Å². The largest absolute Gasteiger partial charge is 0.397 e. The van der Waals surface area contributed by atoms with Gasteiger partial charge in [-0.2, -0.15) is 118 Å². The summed E-state index contributed by atoms with van der Waals surface area (Å²) in [6, 6.07) is 0. The van der Waals surface area contributed by atoms with Crippen LogP contribution in [-0.2, 0) is 237 Å². The summed E-state index contributed by atoms with van der Waals surface area (Å²) in [6.07, 6.45) is -72.8. The Labute approximate surface area is 564 Å². The zero-order chi connectivity index (χ0) is 78.2. The molecular formula is C24H42O63S14. The van der Waals surface area contributed by atoms with Crippen LogP contribution in [0.25, 0.3) is 0 Å². The smallest absolute Gasteiger partial charge is 0.347 e. The van der Waals surface area contributed by atoms with Crippen LogP contribution in [-0.4, -0.2) is 331 Å². The summed E-state index contributed by atoms with van der Waals surface area (Å²) >= 11 is 0. The number of hydrogen-bond acceptors (Lipinski definition) is 49. The van der Waals surface area contributed by atoms with Crippen molar-refractivity contribution in [3.05, 3.63) is 0 Å². The van der Waals surface area contributed by atoms with Gasteiger partial charge in [-0.15, -0.1) is 0 Å². The molecule has 101 heavy (non-hydrogen) atoms. The lowest BCUT2D eigenvalue weighted by atomic mass is 9.96. The molecule has 4 fully saturated rings. The first-order chi connectivity index (χ1) is 44.7. The molecule has 0 spiro atoms. The van der Waals surface area contributed by atoms with Gasteiger partial charge in [0.1, 0.15) is 73.2 Å². The van der Waals surface area contributed by atoms with Crippen LogP contribution < -0.4 is 0 Å². The monoisotopic (exact) mass is 1790 g/mol. The average molecular weight is 1790 g/mol. The number of hydrogen-bond donors (Lipinski definition) is 14. The zero-order valence-corrected chi connectivity index (χ0v) is 57.8. The third-order valence-corrected chi connectivity index (χ3v) is 17.5. The molecule has 0 aromatic carbocycles. The van der Waals surface area contributed by atoms with Crippen molar-refractivity contribution in [2.45, 2.75) is 123 Å². The Balaban J connectivity index is 2.16. The fraction of sp³-hybridized carbons (Fsp3) is 1.00. The zero-order valence-electron chi connectivity index (χ0n) is 46.4. The highest BCUT2D eigenvalue weighted by Crippen LogP contribution is 2.41. The summed E-state index contributed by atoms with van der Waals surface area (Å²) in [4.78, 5) is 0. The first kappa shape index (κ1) is 91.3. The highest BCUT2D eigenvalue weighted by molar-refractivity contribution is 7.84. The SMILES string of the molecule is O=S(=O)(O)OC[C@@H]1O[C@@H](O[C@H]2O[C@@H](COS(=O)(=O)O)[C@@H](O[C@@H]3O[C@@H](CO[C@H]4O[C@@H](COS(=O)(=O)O)[C@@H](OS(=O)(=O)O)[C@H](OS(=O)(=O)O)[C@@H]4OS(=O)(=O)O)[C@@H](OS(=O)(=O)O)[C@H](OS(=O)(=O)O)[C@@H]3OS(=O)(=O)O)[C@H](OS(=O)(=O)O)[C@@H]2OS(=O)(=O)O)[C@@H](OS(=O)(=O)O)[C@@H](OS(=O)(=O)O)[C@H]1OS(=O)(=O)O. The number of rotatable bonds is 38. The van der Waals surface area contributed by atoms with Crippen molar-refractivity contribution >= 4 is 146 Å². The van der Waals surface area contributed by atoms with Crippen molar-refractivity contribution in [1.82, 2.24) is 0 Å². The van der Waals surface area contributed by atoms with Crippen molar-refractivity contribution in [3.63, 3.8) is 0 Å². The van der Waals surface area contributed by atoms with Gasteiger partial charge in [0, 0.05) is 0 Å². The lowest BCUT2D eigenvalue weighted by Crippen LogP contribution is -2.68. The fourth-order valence-electron chi connectivity index (χ4n) is 8.36. The standard InChI is InChI=1S/C24H42O63S14/c25-88(26,27)68-2-6-9(13(80-94(43,44)45)18(85-99(58,59)60)23(73-6)76-24-20(87-101(64,65)66)16(83-97(52,53)54)12(79-93(40,41)42)8(74-24)4-70-90(31,32)33)75-22-19(86-100(61,62)63)15(82-96(49,50)51)10(77-91(34,35)36)5(72-22)1-67-21-17(84-98(55,56)57)14(81-95(46,47)48)11(78-92(37,38)39)7(71-21)3-69-89(28,29)30/h5-24H,1-4H2,(H,25,26,27)(H,28,29,30)(H,31,32,33)(H,34,35,36)(H,37,38,39)(H,40,41,42)(H,43,44,45)(H,46,47,48)(H,49,50,51)(H,52,53,54)(H,55,56,57)(H,58,59,60)(H,61,62,63)(H,64,65,66)/t5-,6-,7-,8-,9+,10+,11+,12-,13-,14-,15-,16-,17-,18-,19-,20-,21-,22-,23+,24-/m0/s1. The normalized spacial score (nSPS) is 32.5. The molecule has 20 atom stereocenters. The topological polar surface area (TPSA) is 955 Å². The van der Waals surface area contributed by atoms with Gasteiger partial charge >= 0.3 is 146 Å². The van der Waals surface area contributed by atoms with E-state index in [0.29, 0.717) is 0 Å². The molecule has 0 saturated carbocycles. The quantitative estimate of drug-likeness (QED) is 0.0255. The van der Waals surface area contributed by atoms with Crippen molar-refractivity contribution < 1.29 is 273 Å². The molecule has 0 radical (unpaired) electrons. The lowest BCUT2D eigenvalue weighted by Gasteiger charge is -2.49. The molecule has 600 valence electrons. The summed E-state index contributed by atoms with van der Waals surface area (Å²) in [5, 5.41) is 0. The first-order valence-electron chi connectivity index (χ1n) is 23.3. The molecule has 0 unspecified atom stereocenters. The Morgan fingerprint density at radius 1 is 0.188 bits per heavy atom. The van der Waals surface area contributed by atoms with E-state index in [1.807, 2.05) is 0 Å². The van der Waals surface area contributed by atoms with E-state index >= 15 is 0 Å². The second-order valence-electron chi connectivity index (χ2n) is 18.3. The minimum Gasteiger partial charge on any atom is -0.347 e. The van der Waals surface area contributed by atoms with E-state index in [0.717, 1.165) is 0 Å². The fourth-order valence-corrected chi connectivity index (χ4v) is 14.7. The van der Waals surface area contributed by atoms with Gasteiger partial charge in [-0.1, -0.05) is 0 Å². The highest BCUT2D eigenvalue weighted by Gasteiger charge is 2.62. The molecule has 4 saturated heterocycles. The highest BCUT2D eigenvalue weighted by atomic mass is 32.3. The molecule has 0 aromatic heterocycles. The summed E-state index contributed by atoms with van der Waals surface area (Å²) in [7, 11) is -90.3. The van der Waals surface area contributed by atoms with Gasteiger partial charge in [-0.25, -0.2) is 58.6 Å². The van der Waals surface area contributed by atoms with Crippen molar-refractivity contribution in [1.29, 1.82) is 0 Å². The maximum Gasteiger partial charge on any atom is 0.397 e. The lowest BCUT2D eigenvalue weighted by molar-refractivity contribution is -0.383. The molecular weight excluding hydrogens is 1750 g/mol. The van der Waals surface area contributed by atoms with Crippen molar-refractivity contribution in [2.75, 3.05) is 26.4 Å². The van der Waals surface area contributed by atoms with Crippen LogP contribution in [0, 0.1) is 0 Å². The van der Waals surface area contributed by atoms with Crippen molar-refractivity contribution in [3.8, 4) is 0 Å². The van der Waals surface area contributed by atoms with Crippen LogP contribution in [0.1, 0.15) is 0 Å². The Hall–Kier alpha value is -2.10. The second kappa shape index (κ2) is 33.0. The molecule has 14 N–H and O–H groups in total. The molecule has 4 rings (SSSR count).